The minimum Gasteiger partial charge on any atom is -0.462 e. The molecule has 0 radical (unpaired) electrons. The second kappa shape index (κ2) is 5.52. The molecular weight excluding hydrogens is 302 g/mol. The minimum absolute atomic E-state index is 0.0639. The maximum absolute atomic E-state index is 11.6. The van der Waals surface area contributed by atoms with Gasteiger partial charge in [-0.2, -0.15) is 0 Å². The number of hydrogen-bond acceptors (Lipinski definition) is 6. The van der Waals surface area contributed by atoms with E-state index in [9.17, 15) is 4.79 Å². The Balaban J connectivity index is 1.63. The van der Waals surface area contributed by atoms with Crippen LogP contribution in [-0.2, 0) is 11.3 Å². The van der Waals surface area contributed by atoms with Crippen LogP contribution < -0.4 is 0 Å². The molecule has 3 heterocycles. The molecule has 0 amide bonds. The lowest BCUT2D eigenvalue weighted by Crippen LogP contribution is -2.04. The summed E-state index contributed by atoms with van der Waals surface area (Å²) in [5.74, 6) is 0.173. The van der Waals surface area contributed by atoms with Crippen molar-refractivity contribution < 1.29 is 18.4 Å². The van der Waals surface area contributed by atoms with Gasteiger partial charge in [-0.15, -0.1) is 11.3 Å². The molecule has 0 aliphatic rings. The van der Waals surface area contributed by atoms with E-state index < -0.39 is 5.97 Å². The van der Waals surface area contributed by atoms with Gasteiger partial charge in [0.05, 0.1) is 12.0 Å². The summed E-state index contributed by atoms with van der Waals surface area (Å²) in [6, 6.07) is 6.55. The van der Waals surface area contributed by atoms with Crippen molar-refractivity contribution >= 4 is 28.9 Å². The standard InChI is InChI=1S/C13H8ClNO4S/c14-11-4-3-10(19-11)13(16)18-6-8-7-20-12(15-8)9-2-1-5-17-9/h1-5,7H,6H2. The Hall–Kier alpha value is -2.05. The molecule has 0 unspecified atom stereocenters. The number of rotatable bonds is 4. The molecule has 0 aliphatic carbocycles. The van der Waals surface area contributed by atoms with E-state index in [4.69, 9.17) is 25.2 Å². The summed E-state index contributed by atoms with van der Waals surface area (Å²) in [6.07, 6.45) is 1.58. The predicted molar refractivity (Wildman–Crippen MR) is 72.7 cm³/mol. The molecule has 0 bridgehead atoms. The molecule has 3 aromatic rings. The second-order valence-electron chi connectivity index (χ2n) is 3.80. The van der Waals surface area contributed by atoms with Gasteiger partial charge in [-0.25, -0.2) is 9.78 Å². The molecule has 3 aromatic heterocycles. The number of carbonyl (C=O) groups is 1. The largest absolute Gasteiger partial charge is 0.462 e. The van der Waals surface area contributed by atoms with E-state index in [2.05, 4.69) is 4.98 Å². The summed E-state index contributed by atoms with van der Waals surface area (Å²) in [5.41, 5.74) is 0.646. The molecule has 5 nitrogen and oxygen atoms in total. The molecule has 0 atom stereocenters. The van der Waals surface area contributed by atoms with Gasteiger partial charge in [0.25, 0.3) is 0 Å². The number of ether oxygens (including phenoxy) is 1. The zero-order chi connectivity index (χ0) is 13.9. The van der Waals surface area contributed by atoms with Gasteiger partial charge in [0.1, 0.15) is 6.61 Å². The highest BCUT2D eigenvalue weighted by Gasteiger charge is 2.14. The zero-order valence-corrected chi connectivity index (χ0v) is 11.6. The molecular formula is C13H8ClNO4S. The Morgan fingerprint density at radius 2 is 2.30 bits per heavy atom. The maximum Gasteiger partial charge on any atom is 0.374 e. The van der Waals surface area contributed by atoms with Gasteiger partial charge < -0.3 is 13.6 Å². The third kappa shape index (κ3) is 2.76. The molecule has 3 rings (SSSR count). The average molecular weight is 310 g/mol. The fourth-order valence-electron chi connectivity index (χ4n) is 1.52. The fourth-order valence-corrected chi connectivity index (χ4v) is 2.44. The van der Waals surface area contributed by atoms with Crippen molar-refractivity contribution in [2.45, 2.75) is 6.61 Å². The third-order valence-electron chi connectivity index (χ3n) is 2.41. The van der Waals surface area contributed by atoms with Crippen molar-refractivity contribution in [1.29, 1.82) is 0 Å². The first-order valence-electron chi connectivity index (χ1n) is 5.63. The van der Waals surface area contributed by atoms with Gasteiger partial charge in [-0.1, -0.05) is 0 Å². The molecule has 0 spiro atoms. The second-order valence-corrected chi connectivity index (χ2v) is 5.03. The zero-order valence-electron chi connectivity index (χ0n) is 10.0. The van der Waals surface area contributed by atoms with Crippen molar-refractivity contribution in [3.8, 4) is 10.8 Å². The highest BCUT2D eigenvalue weighted by molar-refractivity contribution is 7.13. The van der Waals surface area contributed by atoms with Gasteiger partial charge in [0.2, 0.25) is 5.76 Å². The summed E-state index contributed by atoms with van der Waals surface area (Å²) in [6.45, 7) is 0.0639. The number of aromatic nitrogens is 1. The summed E-state index contributed by atoms with van der Waals surface area (Å²) < 4.78 is 15.3. The van der Waals surface area contributed by atoms with Gasteiger partial charge in [0, 0.05) is 5.38 Å². The molecule has 0 aromatic carbocycles. The molecule has 0 saturated carbocycles. The van der Waals surface area contributed by atoms with Crippen LogP contribution in [0.25, 0.3) is 10.8 Å². The Labute approximate surface area is 122 Å². The normalized spacial score (nSPS) is 10.7. The lowest BCUT2D eigenvalue weighted by molar-refractivity contribution is 0.0432. The summed E-state index contributed by atoms with van der Waals surface area (Å²) in [7, 11) is 0. The monoisotopic (exact) mass is 309 g/mol. The Bertz CT molecular complexity index is 716. The Morgan fingerprint density at radius 3 is 3.00 bits per heavy atom. The highest BCUT2D eigenvalue weighted by atomic mass is 35.5. The highest BCUT2D eigenvalue weighted by Crippen LogP contribution is 2.24. The average Bonchev–Trinajstić information content (AvgIpc) is 3.16. The van der Waals surface area contributed by atoms with Crippen molar-refractivity contribution in [1.82, 2.24) is 4.98 Å². The number of halogens is 1. The molecule has 0 N–H and O–H groups in total. The van der Waals surface area contributed by atoms with Gasteiger partial charge in [0.15, 0.2) is 16.0 Å². The van der Waals surface area contributed by atoms with E-state index in [-0.39, 0.29) is 17.6 Å². The fraction of sp³-hybridized carbons (Fsp3) is 0.0769. The molecule has 0 aliphatic heterocycles. The quantitative estimate of drug-likeness (QED) is 0.681. The number of hydrogen-bond donors (Lipinski definition) is 0. The van der Waals surface area contributed by atoms with Crippen LogP contribution in [0.15, 0.2) is 44.7 Å². The van der Waals surface area contributed by atoms with E-state index in [1.165, 1.54) is 23.5 Å². The van der Waals surface area contributed by atoms with E-state index in [0.717, 1.165) is 5.01 Å². The Kier molecular flexibility index (Phi) is 3.58. The first-order valence-corrected chi connectivity index (χ1v) is 6.89. The molecule has 0 fully saturated rings. The molecule has 102 valence electrons. The topological polar surface area (TPSA) is 65.5 Å². The summed E-state index contributed by atoms with van der Waals surface area (Å²) >= 11 is 7.00. The Morgan fingerprint density at radius 1 is 1.40 bits per heavy atom. The minimum atomic E-state index is -0.579. The number of thiazole rings is 1. The van der Waals surface area contributed by atoms with E-state index in [1.807, 2.05) is 6.07 Å². The van der Waals surface area contributed by atoms with Gasteiger partial charge in [-0.05, 0) is 35.9 Å². The number of carbonyl (C=O) groups excluding carboxylic acids is 1. The van der Waals surface area contributed by atoms with Crippen LogP contribution in [0.4, 0.5) is 0 Å². The lowest BCUT2D eigenvalue weighted by Gasteiger charge is -1.99. The van der Waals surface area contributed by atoms with Gasteiger partial charge in [-0.3, -0.25) is 0 Å². The van der Waals surface area contributed by atoms with Crippen LogP contribution in [0.3, 0.4) is 0 Å². The van der Waals surface area contributed by atoms with Crippen molar-refractivity contribution in [3.05, 3.63) is 52.6 Å². The van der Waals surface area contributed by atoms with Crippen molar-refractivity contribution in [3.63, 3.8) is 0 Å². The predicted octanol–water partition coefficient (Wildman–Crippen LogP) is 4.01. The van der Waals surface area contributed by atoms with Crippen LogP contribution in [0.5, 0.6) is 0 Å². The van der Waals surface area contributed by atoms with Crippen LogP contribution in [0.1, 0.15) is 16.2 Å². The van der Waals surface area contributed by atoms with E-state index >= 15 is 0 Å². The summed E-state index contributed by atoms with van der Waals surface area (Å²) in [5, 5.41) is 2.69. The van der Waals surface area contributed by atoms with Crippen molar-refractivity contribution in [2.75, 3.05) is 0 Å². The first-order chi connectivity index (χ1) is 9.72. The third-order valence-corrected chi connectivity index (χ3v) is 3.52. The summed E-state index contributed by atoms with van der Waals surface area (Å²) in [4.78, 5) is 16.0. The lowest BCUT2D eigenvalue weighted by atomic mass is 10.4. The smallest absolute Gasteiger partial charge is 0.374 e. The molecule has 20 heavy (non-hydrogen) atoms. The number of furan rings is 2. The van der Waals surface area contributed by atoms with Gasteiger partial charge >= 0.3 is 5.97 Å². The van der Waals surface area contributed by atoms with E-state index in [1.54, 1.807) is 17.7 Å². The van der Waals surface area contributed by atoms with Crippen LogP contribution in [0.2, 0.25) is 5.22 Å². The van der Waals surface area contributed by atoms with Crippen LogP contribution in [-0.4, -0.2) is 11.0 Å². The maximum atomic E-state index is 11.6. The molecule has 7 heteroatoms. The van der Waals surface area contributed by atoms with Crippen LogP contribution >= 0.6 is 22.9 Å². The SMILES string of the molecule is O=C(OCc1csc(-c2ccco2)n1)c1ccc(Cl)o1. The van der Waals surface area contributed by atoms with E-state index in [0.29, 0.717) is 11.5 Å². The number of esters is 1. The molecule has 0 saturated heterocycles. The van der Waals surface area contributed by atoms with Crippen LogP contribution in [0, 0.1) is 0 Å². The number of nitrogens with zero attached hydrogens (tertiary/aromatic N) is 1. The van der Waals surface area contributed by atoms with Crippen molar-refractivity contribution in [2.24, 2.45) is 0 Å². The first kappa shape index (κ1) is 13.0.